The van der Waals surface area contributed by atoms with Gasteiger partial charge in [0, 0.05) is 13.7 Å². The summed E-state index contributed by atoms with van der Waals surface area (Å²) in [7, 11) is 2.84. The lowest BCUT2D eigenvalue weighted by atomic mass is 10.2. The number of rotatable bonds is 5. The van der Waals surface area contributed by atoms with Crippen LogP contribution in [0.15, 0.2) is 0 Å². The molecule has 0 aliphatic carbocycles. The van der Waals surface area contributed by atoms with Gasteiger partial charge < -0.3 is 14.2 Å². The minimum absolute atomic E-state index is 0.324. The molecule has 0 aliphatic rings. The van der Waals surface area contributed by atoms with Crippen LogP contribution in [-0.2, 0) is 19.0 Å². The second-order valence-corrected chi connectivity index (χ2v) is 2.37. The third kappa shape index (κ3) is 3.19. The van der Waals surface area contributed by atoms with Crippen molar-refractivity contribution >= 4 is 5.97 Å². The highest BCUT2D eigenvalue weighted by molar-refractivity contribution is 5.72. The molecule has 0 heterocycles. The Labute approximate surface area is 72.8 Å². The van der Waals surface area contributed by atoms with E-state index in [2.05, 4.69) is 4.74 Å². The predicted molar refractivity (Wildman–Crippen MR) is 43.6 cm³/mol. The first-order valence-electron chi connectivity index (χ1n) is 3.89. The largest absolute Gasteiger partial charge is 0.469 e. The van der Waals surface area contributed by atoms with E-state index < -0.39 is 6.29 Å². The van der Waals surface area contributed by atoms with Crippen LogP contribution in [0.3, 0.4) is 0 Å². The predicted octanol–water partition coefficient (Wildman–Crippen LogP) is 0.804. The van der Waals surface area contributed by atoms with Crippen LogP contribution in [0.1, 0.15) is 13.8 Å². The standard InChI is InChI=1S/C8H16O4/c1-5-12-8(11-4)6(2)7(9)10-3/h6,8H,5H2,1-4H3. The molecular formula is C8H16O4. The van der Waals surface area contributed by atoms with Crippen molar-refractivity contribution in [3.63, 3.8) is 0 Å². The van der Waals surface area contributed by atoms with E-state index in [1.807, 2.05) is 6.92 Å². The molecule has 0 spiro atoms. The maximum atomic E-state index is 11.0. The molecule has 0 N–H and O–H groups in total. The van der Waals surface area contributed by atoms with E-state index in [4.69, 9.17) is 9.47 Å². The van der Waals surface area contributed by atoms with Gasteiger partial charge in [0.2, 0.25) is 0 Å². The van der Waals surface area contributed by atoms with Crippen LogP contribution < -0.4 is 0 Å². The van der Waals surface area contributed by atoms with E-state index in [9.17, 15) is 4.79 Å². The van der Waals surface area contributed by atoms with Crippen LogP contribution in [0, 0.1) is 5.92 Å². The summed E-state index contributed by atoms with van der Waals surface area (Å²) in [6.45, 7) is 4.06. The Kier molecular flexibility index (Phi) is 5.66. The van der Waals surface area contributed by atoms with Crippen molar-refractivity contribution in [2.75, 3.05) is 20.8 Å². The van der Waals surface area contributed by atoms with Gasteiger partial charge in [0.15, 0.2) is 6.29 Å². The SMILES string of the molecule is CCOC(OC)C(C)C(=O)OC. The molecule has 0 aromatic carbocycles. The fourth-order valence-corrected chi connectivity index (χ4v) is 0.878. The highest BCUT2D eigenvalue weighted by Gasteiger charge is 2.24. The third-order valence-corrected chi connectivity index (χ3v) is 1.54. The molecule has 0 bridgehead atoms. The quantitative estimate of drug-likeness (QED) is 0.459. The Balaban J connectivity index is 4.00. The van der Waals surface area contributed by atoms with Crippen LogP contribution >= 0.6 is 0 Å². The number of hydrogen-bond acceptors (Lipinski definition) is 4. The summed E-state index contributed by atoms with van der Waals surface area (Å²) in [5, 5.41) is 0. The lowest BCUT2D eigenvalue weighted by Crippen LogP contribution is -2.30. The summed E-state index contributed by atoms with van der Waals surface area (Å²) in [6.07, 6.45) is -0.512. The summed E-state index contributed by atoms with van der Waals surface area (Å²) in [4.78, 5) is 11.0. The molecule has 0 saturated carbocycles. The van der Waals surface area contributed by atoms with E-state index in [0.717, 1.165) is 0 Å². The minimum atomic E-state index is -0.512. The van der Waals surface area contributed by atoms with Crippen LogP contribution in [0.2, 0.25) is 0 Å². The van der Waals surface area contributed by atoms with Crippen LogP contribution in [-0.4, -0.2) is 33.1 Å². The number of ether oxygens (including phenoxy) is 3. The lowest BCUT2D eigenvalue weighted by molar-refractivity contribution is -0.177. The second kappa shape index (κ2) is 5.97. The van der Waals surface area contributed by atoms with Crippen molar-refractivity contribution in [1.29, 1.82) is 0 Å². The topological polar surface area (TPSA) is 44.8 Å². The van der Waals surface area contributed by atoms with E-state index in [1.165, 1.54) is 14.2 Å². The molecule has 0 aromatic heterocycles. The zero-order valence-electron chi connectivity index (χ0n) is 7.99. The molecule has 4 heteroatoms. The summed E-state index contributed by atoms with van der Waals surface area (Å²) < 4.78 is 14.6. The van der Waals surface area contributed by atoms with Gasteiger partial charge in [-0.15, -0.1) is 0 Å². The minimum Gasteiger partial charge on any atom is -0.469 e. The van der Waals surface area contributed by atoms with E-state index >= 15 is 0 Å². The van der Waals surface area contributed by atoms with Gasteiger partial charge in [-0.3, -0.25) is 4.79 Å². The van der Waals surface area contributed by atoms with Crippen molar-refractivity contribution < 1.29 is 19.0 Å². The highest BCUT2D eigenvalue weighted by atomic mass is 16.7. The van der Waals surface area contributed by atoms with Crippen molar-refractivity contribution in [2.45, 2.75) is 20.1 Å². The number of carbonyl (C=O) groups excluding carboxylic acids is 1. The molecule has 0 aromatic rings. The molecule has 0 fully saturated rings. The van der Waals surface area contributed by atoms with Crippen molar-refractivity contribution in [1.82, 2.24) is 0 Å². The molecular weight excluding hydrogens is 160 g/mol. The Morgan fingerprint density at radius 3 is 2.33 bits per heavy atom. The monoisotopic (exact) mass is 176 g/mol. The fraction of sp³-hybridized carbons (Fsp3) is 0.875. The number of methoxy groups -OCH3 is 2. The summed E-state index contributed by atoms with van der Waals surface area (Å²) >= 11 is 0. The van der Waals surface area contributed by atoms with E-state index in [0.29, 0.717) is 6.61 Å². The first-order chi connectivity index (χ1) is 5.67. The third-order valence-electron chi connectivity index (χ3n) is 1.54. The van der Waals surface area contributed by atoms with Gasteiger partial charge in [-0.05, 0) is 13.8 Å². The Hall–Kier alpha value is -0.610. The smallest absolute Gasteiger partial charge is 0.313 e. The van der Waals surface area contributed by atoms with Gasteiger partial charge in [0.25, 0.3) is 0 Å². The fourth-order valence-electron chi connectivity index (χ4n) is 0.878. The Morgan fingerprint density at radius 2 is 2.00 bits per heavy atom. The molecule has 72 valence electrons. The number of esters is 1. The molecule has 2 unspecified atom stereocenters. The van der Waals surface area contributed by atoms with Crippen LogP contribution in [0.4, 0.5) is 0 Å². The Morgan fingerprint density at radius 1 is 1.42 bits per heavy atom. The molecule has 0 radical (unpaired) electrons. The average molecular weight is 176 g/mol. The van der Waals surface area contributed by atoms with Crippen LogP contribution in [0.5, 0.6) is 0 Å². The average Bonchev–Trinajstić information content (AvgIpc) is 2.11. The molecule has 0 aliphatic heterocycles. The van der Waals surface area contributed by atoms with Gasteiger partial charge in [0.05, 0.1) is 7.11 Å². The van der Waals surface area contributed by atoms with E-state index in [1.54, 1.807) is 6.92 Å². The van der Waals surface area contributed by atoms with Gasteiger partial charge in [-0.2, -0.15) is 0 Å². The van der Waals surface area contributed by atoms with E-state index in [-0.39, 0.29) is 11.9 Å². The van der Waals surface area contributed by atoms with Crippen molar-refractivity contribution in [3.05, 3.63) is 0 Å². The highest BCUT2D eigenvalue weighted by Crippen LogP contribution is 2.09. The van der Waals surface area contributed by atoms with Crippen LogP contribution in [0.25, 0.3) is 0 Å². The summed E-state index contributed by atoms with van der Waals surface area (Å²) in [5.74, 6) is -0.713. The second-order valence-electron chi connectivity index (χ2n) is 2.37. The first kappa shape index (κ1) is 11.4. The van der Waals surface area contributed by atoms with Gasteiger partial charge >= 0.3 is 5.97 Å². The molecule has 0 rings (SSSR count). The lowest BCUT2D eigenvalue weighted by Gasteiger charge is -2.19. The summed E-state index contributed by atoms with van der Waals surface area (Å²) in [5.41, 5.74) is 0. The normalized spacial score (nSPS) is 15.3. The maximum absolute atomic E-state index is 11.0. The first-order valence-corrected chi connectivity index (χ1v) is 3.89. The number of carbonyl (C=O) groups is 1. The molecule has 4 nitrogen and oxygen atoms in total. The molecule has 12 heavy (non-hydrogen) atoms. The van der Waals surface area contributed by atoms with Crippen molar-refractivity contribution in [3.8, 4) is 0 Å². The maximum Gasteiger partial charge on any atom is 0.313 e. The van der Waals surface area contributed by atoms with Gasteiger partial charge in [-0.25, -0.2) is 0 Å². The van der Waals surface area contributed by atoms with Gasteiger partial charge in [0.1, 0.15) is 5.92 Å². The summed E-state index contributed by atoms with van der Waals surface area (Å²) in [6, 6.07) is 0. The zero-order chi connectivity index (χ0) is 9.56. The zero-order valence-corrected chi connectivity index (χ0v) is 7.99. The number of hydrogen-bond donors (Lipinski definition) is 0. The molecule has 0 amide bonds. The molecule has 0 saturated heterocycles. The molecule has 2 atom stereocenters. The van der Waals surface area contributed by atoms with Crippen molar-refractivity contribution in [2.24, 2.45) is 5.92 Å². The van der Waals surface area contributed by atoms with Gasteiger partial charge in [-0.1, -0.05) is 0 Å². The Bertz CT molecular complexity index is 135.